The van der Waals surface area contributed by atoms with Gasteiger partial charge in [-0.3, -0.25) is 14.5 Å². The molecule has 4 rings (SSSR count). The Morgan fingerprint density at radius 1 is 1.39 bits per heavy atom. The second-order valence-corrected chi connectivity index (χ2v) is 6.65. The fraction of sp³-hybridized carbons (Fsp3) is 0.529. The summed E-state index contributed by atoms with van der Waals surface area (Å²) in [7, 11) is 0. The second kappa shape index (κ2) is 5.03. The quantitative estimate of drug-likeness (QED) is 0.794. The van der Waals surface area contributed by atoms with Crippen LogP contribution in [0.15, 0.2) is 24.3 Å². The molecule has 1 aromatic rings. The number of hydrogen-bond donors (Lipinski definition) is 0. The van der Waals surface area contributed by atoms with Crippen LogP contribution in [0.25, 0.3) is 0 Å². The molecule has 2 amide bonds. The van der Waals surface area contributed by atoms with E-state index in [-0.39, 0.29) is 48.7 Å². The standard InChI is InChI=1S/C17H18FNO4/c1-17-6-5-12(23-17)13-14(17)16(21)19(15(13)20)7-8-22-11-4-2-3-10(18)9-11/h2-4,9,12-14H,5-8H2,1H3. The van der Waals surface area contributed by atoms with Gasteiger partial charge < -0.3 is 9.47 Å². The van der Waals surface area contributed by atoms with E-state index in [1.54, 1.807) is 12.1 Å². The number of hydrogen-bond acceptors (Lipinski definition) is 4. The van der Waals surface area contributed by atoms with E-state index < -0.39 is 5.60 Å². The first-order chi connectivity index (χ1) is 11.0. The molecule has 3 heterocycles. The van der Waals surface area contributed by atoms with Crippen LogP contribution in [0.2, 0.25) is 0 Å². The van der Waals surface area contributed by atoms with E-state index in [0.29, 0.717) is 5.75 Å². The number of nitrogens with zero attached hydrogens (tertiary/aromatic N) is 1. The zero-order chi connectivity index (χ0) is 16.2. The Hall–Kier alpha value is -1.95. The number of rotatable bonds is 4. The van der Waals surface area contributed by atoms with Gasteiger partial charge in [0, 0.05) is 6.07 Å². The van der Waals surface area contributed by atoms with Crippen molar-refractivity contribution in [2.75, 3.05) is 13.2 Å². The molecule has 0 saturated carbocycles. The van der Waals surface area contributed by atoms with E-state index in [9.17, 15) is 14.0 Å². The maximum absolute atomic E-state index is 13.1. The molecule has 5 nitrogen and oxygen atoms in total. The van der Waals surface area contributed by atoms with Crippen LogP contribution >= 0.6 is 0 Å². The zero-order valence-electron chi connectivity index (χ0n) is 12.8. The monoisotopic (exact) mass is 319 g/mol. The lowest BCUT2D eigenvalue weighted by Gasteiger charge is -2.26. The van der Waals surface area contributed by atoms with Crippen molar-refractivity contribution in [3.05, 3.63) is 30.1 Å². The minimum Gasteiger partial charge on any atom is -0.492 e. The van der Waals surface area contributed by atoms with Gasteiger partial charge >= 0.3 is 0 Å². The molecule has 6 heteroatoms. The molecule has 4 unspecified atom stereocenters. The molecule has 3 aliphatic heterocycles. The number of halogens is 1. The van der Waals surface area contributed by atoms with Crippen molar-refractivity contribution >= 4 is 11.8 Å². The summed E-state index contributed by atoms with van der Waals surface area (Å²) in [6.45, 7) is 2.27. The molecule has 1 aromatic carbocycles. The van der Waals surface area contributed by atoms with Gasteiger partial charge in [0.2, 0.25) is 11.8 Å². The van der Waals surface area contributed by atoms with Crippen LogP contribution in [0.1, 0.15) is 19.8 Å². The van der Waals surface area contributed by atoms with E-state index >= 15 is 0 Å². The van der Waals surface area contributed by atoms with Crippen LogP contribution < -0.4 is 4.74 Å². The van der Waals surface area contributed by atoms with Crippen molar-refractivity contribution in [2.45, 2.75) is 31.5 Å². The minimum absolute atomic E-state index is 0.129. The van der Waals surface area contributed by atoms with Crippen LogP contribution in [-0.2, 0) is 14.3 Å². The topological polar surface area (TPSA) is 55.8 Å². The third kappa shape index (κ3) is 2.16. The Balaban J connectivity index is 1.42. The SMILES string of the molecule is CC12CCC(O1)C1C(=O)N(CCOc3cccc(F)c3)C(=O)C12. The van der Waals surface area contributed by atoms with Crippen LogP contribution in [0.4, 0.5) is 4.39 Å². The second-order valence-electron chi connectivity index (χ2n) is 6.65. The smallest absolute Gasteiger partial charge is 0.236 e. The average Bonchev–Trinajstić information content (AvgIpc) is 3.11. The predicted molar refractivity (Wildman–Crippen MR) is 78.1 cm³/mol. The summed E-state index contributed by atoms with van der Waals surface area (Å²) >= 11 is 0. The number of ether oxygens (including phenoxy) is 2. The average molecular weight is 319 g/mol. The highest BCUT2D eigenvalue weighted by Gasteiger charge is 2.67. The third-order valence-corrected chi connectivity index (χ3v) is 5.23. The van der Waals surface area contributed by atoms with E-state index in [1.165, 1.54) is 17.0 Å². The van der Waals surface area contributed by atoms with Crippen LogP contribution in [-0.4, -0.2) is 41.6 Å². The molecule has 3 saturated heterocycles. The van der Waals surface area contributed by atoms with Crippen LogP contribution in [0, 0.1) is 17.7 Å². The van der Waals surface area contributed by atoms with Crippen molar-refractivity contribution in [1.82, 2.24) is 4.90 Å². The number of imide groups is 1. The van der Waals surface area contributed by atoms with E-state index in [4.69, 9.17) is 9.47 Å². The largest absolute Gasteiger partial charge is 0.492 e. The molecule has 0 N–H and O–H groups in total. The lowest BCUT2D eigenvalue weighted by Crippen LogP contribution is -2.40. The van der Waals surface area contributed by atoms with Gasteiger partial charge in [-0.2, -0.15) is 0 Å². The zero-order valence-corrected chi connectivity index (χ0v) is 12.8. The van der Waals surface area contributed by atoms with Crippen molar-refractivity contribution in [2.24, 2.45) is 11.8 Å². The summed E-state index contributed by atoms with van der Waals surface area (Å²) in [4.78, 5) is 26.4. The van der Waals surface area contributed by atoms with Gasteiger partial charge in [-0.1, -0.05) is 6.07 Å². The van der Waals surface area contributed by atoms with Crippen LogP contribution in [0.3, 0.4) is 0 Å². The predicted octanol–water partition coefficient (Wildman–Crippen LogP) is 1.76. The number of amides is 2. The lowest BCUT2D eigenvalue weighted by atomic mass is 9.74. The Kier molecular flexibility index (Phi) is 3.20. The summed E-state index contributed by atoms with van der Waals surface area (Å²) in [5.74, 6) is -1.01. The van der Waals surface area contributed by atoms with Crippen molar-refractivity contribution < 1.29 is 23.5 Å². The molecule has 3 fully saturated rings. The van der Waals surface area contributed by atoms with E-state index in [2.05, 4.69) is 0 Å². The number of carbonyl (C=O) groups is 2. The molecule has 4 atom stereocenters. The van der Waals surface area contributed by atoms with E-state index in [0.717, 1.165) is 12.8 Å². The molecule has 3 aliphatic rings. The Morgan fingerprint density at radius 3 is 2.96 bits per heavy atom. The van der Waals surface area contributed by atoms with Crippen molar-refractivity contribution in [1.29, 1.82) is 0 Å². The Morgan fingerprint density at radius 2 is 2.22 bits per heavy atom. The first-order valence-electron chi connectivity index (χ1n) is 7.91. The lowest BCUT2D eigenvalue weighted by molar-refractivity contribution is -0.144. The van der Waals surface area contributed by atoms with Gasteiger partial charge in [-0.15, -0.1) is 0 Å². The summed E-state index contributed by atoms with van der Waals surface area (Å²) in [6.07, 6.45) is 1.53. The van der Waals surface area contributed by atoms with Gasteiger partial charge in [-0.05, 0) is 31.9 Å². The van der Waals surface area contributed by atoms with E-state index in [1.807, 2.05) is 6.92 Å². The third-order valence-electron chi connectivity index (χ3n) is 5.23. The molecule has 0 aromatic heterocycles. The molecule has 0 radical (unpaired) electrons. The molecule has 2 bridgehead atoms. The molecule has 122 valence electrons. The highest BCUT2D eigenvalue weighted by molar-refractivity contribution is 6.06. The van der Waals surface area contributed by atoms with Gasteiger partial charge in [0.1, 0.15) is 18.2 Å². The summed E-state index contributed by atoms with van der Waals surface area (Å²) < 4.78 is 24.4. The van der Waals surface area contributed by atoms with Gasteiger partial charge in [-0.25, -0.2) is 4.39 Å². The Bertz CT molecular complexity index is 678. The summed E-state index contributed by atoms with van der Waals surface area (Å²) in [6, 6.07) is 5.80. The molecular weight excluding hydrogens is 301 g/mol. The number of likely N-dealkylation sites (tertiary alicyclic amines) is 1. The number of carbonyl (C=O) groups excluding carboxylic acids is 2. The number of fused-ring (bicyclic) bond motifs is 5. The summed E-state index contributed by atoms with van der Waals surface area (Å²) in [5.41, 5.74) is -0.500. The fourth-order valence-corrected chi connectivity index (χ4v) is 4.17. The Labute approximate surface area is 133 Å². The van der Waals surface area contributed by atoms with Crippen LogP contribution in [0.5, 0.6) is 5.75 Å². The highest BCUT2D eigenvalue weighted by Crippen LogP contribution is 2.54. The normalized spacial score (nSPS) is 35.0. The maximum Gasteiger partial charge on any atom is 0.236 e. The first-order valence-corrected chi connectivity index (χ1v) is 7.91. The van der Waals surface area contributed by atoms with Crippen molar-refractivity contribution in [3.63, 3.8) is 0 Å². The number of benzene rings is 1. The van der Waals surface area contributed by atoms with Gasteiger partial charge in [0.05, 0.1) is 30.1 Å². The van der Waals surface area contributed by atoms with Crippen molar-refractivity contribution in [3.8, 4) is 5.75 Å². The van der Waals surface area contributed by atoms with Gasteiger partial charge in [0.25, 0.3) is 0 Å². The molecule has 23 heavy (non-hydrogen) atoms. The van der Waals surface area contributed by atoms with Gasteiger partial charge in [0.15, 0.2) is 0 Å². The molecule has 0 aliphatic carbocycles. The summed E-state index contributed by atoms with van der Waals surface area (Å²) in [5, 5.41) is 0. The first kappa shape index (κ1) is 14.6. The highest BCUT2D eigenvalue weighted by atomic mass is 19.1. The fourth-order valence-electron chi connectivity index (χ4n) is 4.17. The minimum atomic E-state index is -0.500. The molecular formula is C17H18FNO4. The maximum atomic E-state index is 13.1. The molecule has 0 spiro atoms.